The number of aromatic nitrogens is 6. The molecule has 0 aliphatic rings. The van der Waals surface area contributed by atoms with Gasteiger partial charge in [0.05, 0.1) is 11.0 Å². The molecule has 0 aliphatic heterocycles. The molecule has 2 aromatic heterocycles. The Bertz CT molecular complexity index is 907. The summed E-state index contributed by atoms with van der Waals surface area (Å²) in [5.74, 6) is 1.06. The highest BCUT2D eigenvalue weighted by Crippen LogP contribution is 2.17. The lowest BCUT2D eigenvalue weighted by atomic mass is 10.2. The highest BCUT2D eigenvalue weighted by molar-refractivity contribution is 5.79. The average molecular weight is 277 g/mol. The van der Waals surface area contributed by atoms with E-state index in [2.05, 4.69) is 25.4 Å². The second-order valence-corrected chi connectivity index (χ2v) is 4.61. The Hall–Kier alpha value is -3.22. The normalized spacial score (nSPS) is 11.0. The molecule has 2 aromatic carbocycles. The van der Waals surface area contributed by atoms with Gasteiger partial charge in [-0.1, -0.05) is 35.1 Å². The molecular weight excluding hydrogens is 266 g/mol. The Morgan fingerprint density at radius 1 is 1.05 bits per heavy atom. The van der Waals surface area contributed by atoms with Crippen molar-refractivity contribution in [3.05, 3.63) is 48.5 Å². The van der Waals surface area contributed by atoms with Gasteiger partial charge >= 0.3 is 0 Å². The zero-order valence-electron chi connectivity index (χ0n) is 10.9. The summed E-state index contributed by atoms with van der Waals surface area (Å²) in [6, 6.07) is 15.1. The van der Waals surface area contributed by atoms with Gasteiger partial charge in [-0.05, 0) is 23.4 Å². The van der Waals surface area contributed by atoms with Gasteiger partial charge in [-0.15, -0.1) is 10.2 Å². The number of anilines is 1. The van der Waals surface area contributed by atoms with Gasteiger partial charge < -0.3 is 10.7 Å². The van der Waals surface area contributed by atoms with E-state index >= 15 is 0 Å². The number of nitrogen functional groups attached to an aromatic ring is 1. The number of hydrogen-bond acceptors (Lipinski definition) is 5. The van der Waals surface area contributed by atoms with E-state index in [0.29, 0.717) is 17.5 Å². The number of nitrogens with two attached hydrogens (primary N) is 1. The Morgan fingerprint density at radius 3 is 2.76 bits per heavy atom. The number of hydrogen-bond donors (Lipinski definition) is 2. The van der Waals surface area contributed by atoms with Crippen molar-refractivity contribution in [2.45, 2.75) is 0 Å². The summed E-state index contributed by atoms with van der Waals surface area (Å²) >= 11 is 0. The minimum absolute atomic E-state index is 0.505. The second kappa shape index (κ2) is 4.41. The van der Waals surface area contributed by atoms with Crippen molar-refractivity contribution < 1.29 is 0 Å². The summed E-state index contributed by atoms with van der Waals surface area (Å²) in [5.41, 5.74) is 8.98. The fraction of sp³-hybridized carbons (Fsp3) is 0. The first-order valence-electron chi connectivity index (χ1n) is 6.41. The fourth-order valence-electron chi connectivity index (χ4n) is 2.12. The van der Waals surface area contributed by atoms with Crippen LogP contribution in [-0.2, 0) is 0 Å². The first-order valence-corrected chi connectivity index (χ1v) is 6.41. The number of tetrazole rings is 1. The summed E-state index contributed by atoms with van der Waals surface area (Å²) in [4.78, 5) is 8.92. The molecule has 0 aliphatic carbocycles. The van der Waals surface area contributed by atoms with Gasteiger partial charge in [0.2, 0.25) is 11.8 Å². The molecule has 4 aromatic rings. The number of imidazole rings is 1. The average Bonchev–Trinajstić information content (AvgIpc) is 3.14. The van der Waals surface area contributed by atoms with Crippen LogP contribution in [-0.4, -0.2) is 30.2 Å². The first kappa shape index (κ1) is 11.6. The molecule has 0 unspecified atom stereocenters. The standard InChI is InChI=1S/C14H11N7/c15-10-6-7-11-12(8-10)17-14(16-11)21-19-13(18-20-21)9-4-2-1-3-5-9/h1-8H,15H2,(H,16,17). The van der Waals surface area contributed by atoms with Gasteiger partial charge in [-0.25, -0.2) is 4.98 Å². The van der Waals surface area contributed by atoms with Crippen molar-refractivity contribution in [2.75, 3.05) is 5.73 Å². The lowest BCUT2D eigenvalue weighted by Crippen LogP contribution is -2.01. The van der Waals surface area contributed by atoms with Crippen molar-refractivity contribution in [3.63, 3.8) is 0 Å². The lowest BCUT2D eigenvalue weighted by Gasteiger charge is -1.92. The third-order valence-electron chi connectivity index (χ3n) is 3.13. The fourth-order valence-corrected chi connectivity index (χ4v) is 2.12. The summed E-state index contributed by atoms with van der Waals surface area (Å²) in [7, 11) is 0. The molecule has 0 saturated carbocycles. The van der Waals surface area contributed by atoms with Crippen LogP contribution in [0.25, 0.3) is 28.4 Å². The van der Waals surface area contributed by atoms with Crippen LogP contribution in [0.3, 0.4) is 0 Å². The van der Waals surface area contributed by atoms with Crippen molar-refractivity contribution in [2.24, 2.45) is 0 Å². The molecule has 2 heterocycles. The van der Waals surface area contributed by atoms with Crippen LogP contribution in [0.4, 0.5) is 5.69 Å². The molecule has 0 fully saturated rings. The topological polar surface area (TPSA) is 98.3 Å². The van der Waals surface area contributed by atoms with Gasteiger partial charge in [-0.3, -0.25) is 0 Å². The quantitative estimate of drug-likeness (QED) is 0.544. The zero-order chi connectivity index (χ0) is 14.2. The number of rotatable bonds is 2. The lowest BCUT2D eigenvalue weighted by molar-refractivity contribution is 0.688. The molecule has 0 amide bonds. The van der Waals surface area contributed by atoms with Crippen molar-refractivity contribution >= 4 is 16.7 Å². The number of aromatic amines is 1. The maximum absolute atomic E-state index is 5.75. The minimum atomic E-state index is 0.505. The van der Waals surface area contributed by atoms with Crippen LogP contribution >= 0.6 is 0 Å². The third-order valence-corrected chi connectivity index (χ3v) is 3.13. The molecule has 0 bridgehead atoms. The molecule has 4 rings (SSSR count). The van der Waals surface area contributed by atoms with E-state index in [1.165, 1.54) is 4.80 Å². The Labute approximate surface area is 119 Å². The molecule has 3 N–H and O–H groups in total. The molecule has 0 radical (unpaired) electrons. The molecule has 0 atom stereocenters. The van der Waals surface area contributed by atoms with Gasteiger partial charge in [0.1, 0.15) is 0 Å². The molecule has 7 heteroatoms. The van der Waals surface area contributed by atoms with Crippen molar-refractivity contribution in [1.29, 1.82) is 0 Å². The molecule has 7 nitrogen and oxygen atoms in total. The van der Waals surface area contributed by atoms with Crippen molar-refractivity contribution in [1.82, 2.24) is 30.2 Å². The van der Waals surface area contributed by atoms with E-state index < -0.39 is 0 Å². The minimum Gasteiger partial charge on any atom is -0.399 e. The highest BCUT2D eigenvalue weighted by atomic mass is 15.6. The van der Waals surface area contributed by atoms with Crippen LogP contribution < -0.4 is 5.73 Å². The number of nitrogens with zero attached hydrogens (tertiary/aromatic N) is 5. The van der Waals surface area contributed by atoms with E-state index in [1.807, 2.05) is 42.5 Å². The van der Waals surface area contributed by atoms with Crippen LogP contribution in [0.15, 0.2) is 48.5 Å². The number of fused-ring (bicyclic) bond motifs is 1. The van der Waals surface area contributed by atoms with Crippen LogP contribution in [0.5, 0.6) is 0 Å². The summed E-state index contributed by atoms with van der Waals surface area (Å²) < 4.78 is 0. The molecule has 21 heavy (non-hydrogen) atoms. The van der Waals surface area contributed by atoms with E-state index in [1.54, 1.807) is 6.07 Å². The largest absolute Gasteiger partial charge is 0.399 e. The molecular formula is C14H11N7. The van der Waals surface area contributed by atoms with Crippen LogP contribution in [0.1, 0.15) is 0 Å². The van der Waals surface area contributed by atoms with E-state index in [4.69, 9.17) is 5.73 Å². The Morgan fingerprint density at radius 2 is 1.90 bits per heavy atom. The smallest absolute Gasteiger partial charge is 0.249 e. The van der Waals surface area contributed by atoms with E-state index in [-0.39, 0.29) is 0 Å². The monoisotopic (exact) mass is 277 g/mol. The maximum Gasteiger partial charge on any atom is 0.249 e. The summed E-state index contributed by atoms with van der Waals surface area (Å²) in [6.45, 7) is 0. The van der Waals surface area contributed by atoms with Gasteiger partial charge in [0, 0.05) is 11.3 Å². The summed E-state index contributed by atoms with van der Waals surface area (Å²) in [5, 5.41) is 12.4. The van der Waals surface area contributed by atoms with E-state index in [9.17, 15) is 0 Å². The SMILES string of the molecule is Nc1ccc2nc(-n3nnc(-c4ccccc4)n3)[nH]c2c1. The highest BCUT2D eigenvalue weighted by Gasteiger charge is 2.10. The van der Waals surface area contributed by atoms with E-state index in [0.717, 1.165) is 16.6 Å². The Kier molecular flexibility index (Phi) is 2.43. The van der Waals surface area contributed by atoms with Crippen LogP contribution in [0, 0.1) is 0 Å². The van der Waals surface area contributed by atoms with Crippen molar-refractivity contribution in [3.8, 4) is 17.3 Å². The first-order chi connectivity index (χ1) is 10.3. The second-order valence-electron chi connectivity index (χ2n) is 4.61. The number of H-pyrrole nitrogens is 1. The maximum atomic E-state index is 5.75. The predicted molar refractivity (Wildman–Crippen MR) is 78.7 cm³/mol. The predicted octanol–water partition coefficient (Wildman–Crippen LogP) is 1.79. The molecule has 102 valence electrons. The molecule has 0 saturated heterocycles. The Balaban J connectivity index is 1.77. The van der Waals surface area contributed by atoms with Gasteiger partial charge in [0.25, 0.3) is 0 Å². The molecule has 0 spiro atoms. The number of benzene rings is 2. The third kappa shape index (κ3) is 2.00. The van der Waals surface area contributed by atoms with Crippen LogP contribution in [0.2, 0.25) is 0 Å². The van der Waals surface area contributed by atoms with Gasteiger partial charge in [-0.2, -0.15) is 0 Å². The zero-order valence-corrected chi connectivity index (χ0v) is 10.9. The van der Waals surface area contributed by atoms with Gasteiger partial charge in [0.15, 0.2) is 0 Å². The number of nitrogens with one attached hydrogen (secondary N) is 1. The summed E-state index contributed by atoms with van der Waals surface area (Å²) in [6.07, 6.45) is 0.